The molecule has 0 heterocycles. The topological polar surface area (TPSA) is 81.9 Å². The normalized spacial score (nSPS) is 13.8. The Morgan fingerprint density at radius 2 is 1.94 bits per heavy atom. The second kappa shape index (κ2) is 7.50. The minimum absolute atomic E-state index is 0.0751. The number of aliphatic hydroxyl groups excluding tert-OH is 2. The van der Waals surface area contributed by atoms with Crippen molar-refractivity contribution in [3.63, 3.8) is 0 Å². The zero-order valence-electron chi connectivity index (χ0n) is 9.82. The first kappa shape index (κ1) is 14.2. The Kier molecular flexibility index (Phi) is 6.67. The van der Waals surface area contributed by atoms with Crippen LogP contribution in [0.3, 0.4) is 0 Å². The van der Waals surface area contributed by atoms with Gasteiger partial charge >= 0.3 is 0 Å². The summed E-state index contributed by atoms with van der Waals surface area (Å²) in [5.41, 5.74) is 2.74. The predicted octanol–water partition coefficient (Wildman–Crippen LogP) is 2.18. The summed E-state index contributed by atoms with van der Waals surface area (Å²) in [6.07, 6.45) is 3.37. The van der Waals surface area contributed by atoms with E-state index in [4.69, 9.17) is 0 Å². The number of nitrogens with one attached hydrogen (secondary N) is 1. The molecule has 90 valence electrons. The molecule has 0 bridgehead atoms. The van der Waals surface area contributed by atoms with Gasteiger partial charge in [0.25, 0.3) is 0 Å². The standard InChI is InChI=1S/C11H18N2O3/c1-4-9(14)6-10(15)8(3)7-12-13-11(16)5-2/h6-7,14-15H,4-5H2,1-3H3,(H,13,16)/b9-6+,10-8-,12-7+. The maximum Gasteiger partial charge on any atom is 0.239 e. The smallest absolute Gasteiger partial charge is 0.239 e. The number of aliphatic hydroxyl groups is 2. The molecule has 0 atom stereocenters. The number of rotatable bonds is 5. The maximum absolute atomic E-state index is 10.8. The second-order valence-corrected chi connectivity index (χ2v) is 3.20. The van der Waals surface area contributed by atoms with E-state index in [1.54, 1.807) is 20.8 Å². The lowest BCUT2D eigenvalue weighted by Crippen LogP contribution is -2.15. The minimum Gasteiger partial charge on any atom is -0.512 e. The molecule has 3 N–H and O–H groups in total. The van der Waals surface area contributed by atoms with Crippen LogP contribution in [0.25, 0.3) is 0 Å². The molecule has 5 heteroatoms. The number of carbonyl (C=O) groups excluding carboxylic acids is 1. The molecule has 0 aliphatic carbocycles. The van der Waals surface area contributed by atoms with E-state index in [-0.39, 0.29) is 17.4 Å². The van der Waals surface area contributed by atoms with Gasteiger partial charge in [0.05, 0.1) is 12.0 Å². The Morgan fingerprint density at radius 3 is 2.44 bits per heavy atom. The van der Waals surface area contributed by atoms with Crippen molar-refractivity contribution in [2.45, 2.75) is 33.6 Å². The van der Waals surface area contributed by atoms with Crippen LogP contribution >= 0.6 is 0 Å². The van der Waals surface area contributed by atoms with Crippen molar-refractivity contribution in [1.82, 2.24) is 5.43 Å². The highest BCUT2D eigenvalue weighted by molar-refractivity contribution is 5.81. The lowest BCUT2D eigenvalue weighted by atomic mass is 10.2. The Morgan fingerprint density at radius 1 is 1.31 bits per heavy atom. The highest BCUT2D eigenvalue weighted by atomic mass is 16.3. The van der Waals surface area contributed by atoms with Crippen molar-refractivity contribution in [3.05, 3.63) is 23.2 Å². The van der Waals surface area contributed by atoms with E-state index in [0.717, 1.165) is 0 Å². The van der Waals surface area contributed by atoms with Gasteiger partial charge in [0.1, 0.15) is 5.76 Å². The van der Waals surface area contributed by atoms with Crippen molar-refractivity contribution in [2.24, 2.45) is 5.10 Å². The molecule has 0 fully saturated rings. The molecule has 5 nitrogen and oxygen atoms in total. The van der Waals surface area contributed by atoms with E-state index in [9.17, 15) is 15.0 Å². The Balaban J connectivity index is 4.48. The molecule has 0 aromatic rings. The number of nitrogens with zero attached hydrogens (tertiary/aromatic N) is 1. The summed E-state index contributed by atoms with van der Waals surface area (Å²) < 4.78 is 0. The van der Waals surface area contributed by atoms with Crippen molar-refractivity contribution >= 4 is 12.1 Å². The molecule has 0 aromatic carbocycles. The van der Waals surface area contributed by atoms with Gasteiger partial charge in [0.2, 0.25) is 5.91 Å². The van der Waals surface area contributed by atoms with Crippen molar-refractivity contribution in [3.8, 4) is 0 Å². The zero-order valence-corrected chi connectivity index (χ0v) is 9.82. The monoisotopic (exact) mass is 226 g/mol. The highest BCUT2D eigenvalue weighted by Gasteiger charge is 1.97. The van der Waals surface area contributed by atoms with Gasteiger partial charge < -0.3 is 10.2 Å². The van der Waals surface area contributed by atoms with E-state index in [1.165, 1.54) is 12.3 Å². The largest absolute Gasteiger partial charge is 0.512 e. The molecule has 0 aromatic heterocycles. The summed E-state index contributed by atoms with van der Waals surface area (Å²) in [6, 6.07) is 0. The summed E-state index contributed by atoms with van der Waals surface area (Å²) in [5, 5.41) is 22.3. The lowest BCUT2D eigenvalue weighted by molar-refractivity contribution is -0.120. The molecule has 0 unspecified atom stereocenters. The molecule has 0 saturated carbocycles. The van der Waals surface area contributed by atoms with Crippen LogP contribution in [0, 0.1) is 0 Å². The van der Waals surface area contributed by atoms with E-state index >= 15 is 0 Å². The van der Waals surface area contributed by atoms with Crippen LogP contribution in [0.1, 0.15) is 33.6 Å². The van der Waals surface area contributed by atoms with Gasteiger partial charge in [-0.25, -0.2) is 5.43 Å². The van der Waals surface area contributed by atoms with Gasteiger partial charge in [0.15, 0.2) is 0 Å². The third-order valence-electron chi connectivity index (χ3n) is 1.84. The van der Waals surface area contributed by atoms with Crippen LogP contribution in [-0.2, 0) is 4.79 Å². The van der Waals surface area contributed by atoms with Crippen LogP contribution in [0.5, 0.6) is 0 Å². The summed E-state index contributed by atoms with van der Waals surface area (Å²) in [5.74, 6) is -0.188. The minimum atomic E-state index is -0.199. The van der Waals surface area contributed by atoms with Gasteiger partial charge in [-0.1, -0.05) is 13.8 Å². The molecule has 16 heavy (non-hydrogen) atoms. The Bertz CT molecular complexity index is 330. The fourth-order valence-corrected chi connectivity index (χ4v) is 0.720. The quantitative estimate of drug-likeness (QED) is 0.291. The molecule has 0 rings (SSSR count). The van der Waals surface area contributed by atoms with E-state index in [1.807, 2.05) is 0 Å². The number of hydrogen-bond acceptors (Lipinski definition) is 4. The number of allylic oxidation sites excluding steroid dienone is 3. The van der Waals surface area contributed by atoms with Crippen LogP contribution in [0.4, 0.5) is 0 Å². The fourth-order valence-electron chi connectivity index (χ4n) is 0.720. The lowest BCUT2D eigenvalue weighted by Gasteiger charge is -1.98. The molecule has 0 spiro atoms. The van der Waals surface area contributed by atoms with Gasteiger partial charge in [-0.2, -0.15) is 5.10 Å². The summed E-state index contributed by atoms with van der Waals surface area (Å²) in [4.78, 5) is 10.8. The van der Waals surface area contributed by atoms with Crippen molar-refractivity contribution in [1.29, 1.82) is 0 Å². The number of carbonyl (C=O) groups is 1. The molecular weight excluding hydrogens is 208 g/mol. The van der Waals surface area contributed by atoms with Gasteiger partial charge in [0, 0.05) is 24.5 Å². The molecule has 0 aliphatic rings. The average Bonchev–Trinajstić information content (AvgIpc) is 2.28. The summed E-state index contributed by atoms with van der Waals surface area (Å²) >= 11 is 0. The fraction of sp³-hybridized carbons (Fsp3) is 0.455. The van der Waals surface area contributed by atoms with Crippen LogP contribution in [0.15, 0.2) is 28.3 Å². The van der Waals surface area contributed by atoms with E-state index < -0.39 is 0 Å². The molecule has 0 radical (unpaired) electrons. The second-order valence-electron chi connectivity index (χ2n) is 3.20. The number of hydrogen-bond donors (Lipinski definition) is 3. The van der Waals surface area contributed by atoms with Crippen LogP contribution < -0.4 is 5.43 Å². The van der Waals surface area contributed by atoms with E-state index in [2.05, 4.69) is 10.5 Å². The van der Waals surface area contributed by atoms with Gasteiger partial charge in [-0.3, -0.25) is 4.79 Å². The van der Waals surface area contributed by atoms with Crippen molar-refractivity contribution in [2.75, 3.05) is 0 Å². The number of hydrazone groups is 1. The molecule has 0 aliphatic heterocycles. The Labute approximate surface area is 95.2 Å². The summed E-state index contributed by atoms with van der Waals surface area (Å²) in [6.45, 7) is 5.10. The highest BCUT2D eigenvalue weighted by Crippen LogP contribution is 2.04. The summed E-state index contributed by atoms with van der Waals surface area (Å²) in [7, 11) is 0. The number of amides is 1. The van der Waals surface area contributed by atoms with Crippen LogP contribution in [0.2, 0.25) is 0 Å². The third kappa shape index (κ3) is 5.85. The van der Waals surface area contributed by atoms with Crippen LogP contribution in [-0.4, -0.2) is 22.3 Å². The predicted molar refractivity (Wildman–Crippen MR) is 63.3 cm³/mol. The molecule has 1 amide bonds. The molecular formula is C11H18N2O3. The SMILES string of the molecule is CCC(=O)N/N=C/C(C)=C(O)/C=C(/O)CC. The van der Waals surface area contributed by atoms with Gasteiger partial charge in [-0.15, -0.1) is 0 Å². The van der Waals surface area contributed by atoms with Crippen molar-refractivity contribution < 1.29 is 15.0 Å². The van der Waals surface area contributed by atoms with Gasteiger partial charge in [-0.05, 0) is 6.92 Å². The zero-order chi connectivity index (χ0) is 12.6. The van der Waals surface area contributed by atoms with E-state index in [0.29, 0.717) is 18.4 Å². The first-order valence-electron chi connectivity index (χ1n) is 5.12. The third-order valence-corrected chi connectivity index (χ3v) is 1.84. The first-order chi connectivity index (χ1) is 7.51. The first-order valence-corrected chi connectivity index (χ1v) is 5.12. The average molecular weight is 226 g/mol. The Hall–Kier alpha value is -1.78. The molecule has 0 saturated heterocycles. The maximum atomic E-state index is 10.8.